The van der Waals surface area contributed by atoms with E-state index in [0.717, 1.165) is 5.56 Å². The highest BCUT2D eigenvalue weighted by atomic mass is 32.2. The number of hydrogen-bond acceptors (Lipinski definition) is 7. The monoisotopic (exact) mass is 411 g/mol. The maximum Gasteiger partial charge on any atom is 0.287 e. The molecule has 4 rings (SSSR count). The summed E-state index contributed by atoms with van der Waals surface area (Å²) in [7, 11) is -3.95. The van der Waals surface area contributed by atoms with Crippen molar-refractivity contribution in [3.8, 4) is 0 Å². The Morgan fingerprint density at radius 1 is 1.14 bits per heavy atom. The molecule has 1 atom stereocenters. The molecular formula is C19H17N5O4S. The zero-order valence-corrected chi connectivity index (χ0v) is 16.2. The van der Waals surface area contributed by atoms with Gasteiger partial charge in [-0.15, -0.1) is 4.40 Å². The van der Waals surface area contributed by atoms with E-state index in [9.17, 15) is 13.2 Å². The summed E-state index contributed by atoms with van der Waals surface area (Å²) in [6.45, 7) is 1.82. The number of benzene rings is 2. The molecule has 1 aromatic heterocycles. The second-order valence-corrected chi connectivity index (χ2v) is 7.96. The van der Waals surface area contributed by atoms with Crippen LogP contribution in [-0.4, -0.2) is 36.8 Å². The Morgan fingerprint density at radius 3 is 2.59 bits per heavy atom. The molecule has 2 aromatic carbocycles. The Labute approximate surface area is 166 Å². The van der Waals surface area contributed by atoms with Gasteiger partial charge in [-0.2, -0.15) is 13.4 Å². The number of aryl methyl sites for hydroxylation is 1. The van der Waals surface area contributed by atoms with Gasteiger partial charge in [-0.1, -0.05) is 47.6 Å². The van der Waals surface area contributed by atoms with Crippen LogP contribution in [0.1, 0.15) is 23.2 Å². The Hall–Kier alpha value is -3.53. The zero-order valence-electron chi connectivity index (χ0n) is 15.4. The Morgan fingerprint density at radius 2 is 1.86 bits per heavy atom. The molecule has 2 heterocycles. The molecular weight excluding hydrogens is 394 g/mol. The number of carbonyl (C=O) groups excluding carboxylic acids is 1. The molecule has 1 aliphatic heterocycles. The third kappa shape index (κ3) is 3.87. The summed E-state index contributed by atoms with van der Waals surface area (Å²) in [6.07, 6.45) is 0. The number of rotatable bonds is 5. The number of aromatic nitrogens is 2. The van der Waals surface area contributed by atoms with Crippen molar-refractivity contribution in [2.24, 2.45) is 4.40 Å². The van der Waals surface area contributed by atoms with Gasteiger partial charge in [0.2, 0.25) is 11.7 Å². The molecule has 1 unspecified atom stereocenters. The SMILES string of the molecule is Cc1noc(C(CNC(=O)C2=NS(=O)(=O)c3ccccc3N2)c2ccccc2)n1. The highest BCUT2D eigenvalue weighted by Gasteiger charge is 2.29. The predicted molar refractivity (Wildman–Crippen MR) is 105 cm³/mol. The van der Waals surface area contributed by atoms with Crippen LogP contribution < -0.4 is 10.6 Å². The van der Waals surface area contributed by atoms with Crippen molar-refractivity contribution in [2.45, 2.75) is 17.7 Å². The summed E-state index contributed by atoms with van der Waals surface area (Å²) >= 11 is 0. The van der Waals surface area contributed by atoms with Crippen LogP contribution in [0.15, 0.2) is 68.4 Å². The number of para-hydroxylation sites is 1. The van der Waals surface area contributed by atoms with Crippen molar-refractivity contribution in [2.75, 3.05) is 11.9 Å². The zero-order chi connectivity index (χ0) is 20.4. The summed E-state index contributed by atoms with van der Waals surface area (Å²) in [5.74, 6) is -0.509. The summed E-state index contributed by atoms with van der Waals surface area (Å²) in [5, 5.41) is 9.28. The number of carbonyl (C=O) groups is 1. The van der Waals surface area contributed by atoms with Gasteiger partial charge in [-0.05, 0) is 24.6 Å². The minimum atomic E-state index is -3.95. The van der Waals surface area contributed by atoms with E-state index >= 15 is 0 Å². The first-order valence-corrected chi connectivity index (χ1v) is 10.2. The second-order valence-electron chi connectivity index (χ2n) is 6.39. The van der Waals surface area contributed by atoms with Gasteiger partial charge in [-0.3, -0.25) is 4.79 Å². The first kappa shape index (κ1) is 18.8. The lowest BCUT2D eigenvalue weighted by Gasteiger charge is -2.19. The van der Waals surface area contributed by atoms with Gasteiger partial charge in [-0.25, -0.2) is 0 Å². The lowest BCUT2D eigenvalue weighted by molar-refractivity contribution is -0.114. The van der Waals surface area contributed by atoms with E-state index in [1.807, 2.05) is 30.3 Å². The molecule has 0 spiro atoms. The second kappa shape index (κ2) is 7.47. The average molecular weight is 411 g/mol. The van der Waals surface area contributed by atoms with Gasteiger partial charge in [0.25, 0.3) is 15.9 Å². The minimum Gasteiger partial charge on any atom is -0.348 e. The number of hydrogen-bond donors (Lipinski definition) is 2. The molecule has 9 nitrogen and oxygen atoms in total. The van der Waals surface area contributed by atoms with Crippen molar-refractivity contribution in [3.63, 3.8) is 0 Å². The number of amides is 1. The van der Waals surface area contributed by atoms with E-state index in [2.05, 4.69) is 25.2 Å². The van der Waals surface area contributed by atoms with E-state index < -0.39 is 21.8 Å². The van der Waals surface area contributed by atoms with Gasteiger partial charge < -0.3 is 15.2 Å². The topological polar surface area (TPSA) is 127 Å². The largest absolute Gasteiger partial charge is 0.348 e. The van der Waals surface area contributed by atoms with Gasteiger partial charge in [0.1, 0.15) is 4.90 Å². The average Bonchev–Trinajstić information content (AvgIpc) is 3.14. The van der Waals surface area contributed by atoms with Gasteiger partial charge in [0.15, 0.2) is 5.82 Å². The van der Waals surface area contributed by atoms with Crippen molar-refractivity contribution in [3.05, 3.63) is 71.9 Å². The third-order valence-corrected chi connectivity index (χ3v) is 5.69. The van der Waals surface area contributed by atoms with Crippen LogP contribution >= 0.6 is 0 Å². The smallest absolute Gasteiger partial charge is 0.287 e. The van der Waals surface area contributed by atoms with Crippen LogP contribution in [0.5, 0.6) is 0 Å². The van der Waals surface area contributed by atoms with Crippen LogP contribution in [0.25, 0.3) is 0 Å². The van der Waals surface area contributed by atoms with E-state index in [1.165, 1.54) is 6.07 Å². The minimum absolute atomic E-state index is 0.0278. The maximum atomic E-state index is 12.6. The predicted octanol–water partition coefficient (Wildman–Crippen LogP) is 1.84. The van der Waals surface area contributed by atoms with Gasteiger partial charge in [0, 0.05) is 6.54 Å². The quantitative estimate of drug-likeness (QED) is 0.656. The molecule has 0 aliphatic carbocycles. The molecule has 0 saturated carbocycles. The van der Waals surface area contributed by atoms with Crippen molar-refractivity contribution in [1.29, 1.82) is 0 Å². The van der Waals surface area contributed by atoms with Gasteiger partial charge >= 0.3 is 0 Å². The van der Waals surface area contributed by atoms with E-state index in [4.69, 9.17) is 4.52 Å². The molecule has 3 aromatic rings. The fourth-order valence-corrected chi connectivity index (χ4v) is 4.09. The molecule has 1 amide bonds. The molecule has 148 valence electrons. The van der Waals surface area contributed by atoms with E-state index in [1.54, 1.807) is 25.1 Å². The summed E-state index contributed by atoms with van der Waals surface area (Å²) < 4.78 is 33.5. The lowest BCUT2D eigenvalue weighted by atomic mass is 9.99. The Kier molecular flexibility index (Phi) is 4.85. The number of anilines is 1. The molecule has 0 radical (unpaired) electrons. The summed E-state index contributed by atoms with van der Waals surface area (Å²) in [6, 6.07) is 15.6. The Balaban J connectivity index is 1.56. The first-order valence-electron chi connectivity index (χ1n) is 8.78. The molecule has 1 aliphatic rings. The number of fused-ring (bicyclic) bond motifs is 1. The first-order chi connectivity index (χ1) is 13.9. The number of amidine groups is 1. The summed E-state index contributed by atoms with van der Waals surface area (Å²) in [4.78, 5) is 16.9. The van der Waals surface area contributed by atoms with E-state index in [-0.39, 0.29) is 17.3 Å². The highest BCUT2D eigenvalue weighted by molar-refractivity contribution is 7.90. The van der Waals surface area contributed by atoms with Gasteiger partial charge in [0.05, 0.1) is 11.6 Å². The molecule has 10 heteroatoms. The maximum absolute atomic E-state index is 12.6. The van der Waals surface area contributed by atoms with Crippen molar-refractivity contribution < 1.29 is 17.7 Å². The summed E-state index contributed by atoms with van der Waals surface area (Å²) in [5.41, 5.74) is 1.17. The third-order valence-electron chi connectivity index (χ3n) is 4.35. The lowest BCUT2D eigenvalue weighted by Crippen LogP contribution is -2.40. The fourth-order valence-electron chi connectivity index (χ4n) is 2.98. The van der Waals surface area contributed by atoms with Crippen LogP contribution in [-0.2, 0) is 14.8 Å². The highest BCUT2D eigenvalue weighted by Crippen LogP contribution is 2.27. The standard InChI is InChI=1S/C19H17N5O4S/c1-12-21-19(28-23-12)14(13-7-3-2-4-8-13)11-20-18(25)17-22-15-9-5-6-10-16(15)29(26,27)24-17/h2-10,14H,11H2,1H3,(H,20,25)(H,22,24). The fraction of sp³-hybridized carbons (Fsp3) is 0.158. The molecule has 0 bridgehead atoms. The molecule has 2 N–H and O–H groups in total. The number of sulfonamides is 1. The van der Waals surface area contributed by atoms with Crippen LogP contribution in [0.3, 0.4) is 0 Å². The van der Waals surface area contributed by atoms with Crippen LogP contribution in [0.2, 0.25) is 0 Å². The molecule has 29 heavy (non-hydrogen) atoms. The molecule has 0 saturated heterocycles. The number of nitrogens with zero attached hydrogens (tertiary/aromatic N) is 3. The van der Waals surface area contributed by atoms with Crippen molar-refractivity contribution in [1.82, 2.24) is 15.5 Å². The normalized spacial score (nSPS) is 15.6. The van der Waals surface area contributed by atoms with Crippen LogP contribution in [0, 0.1) is 6.92 Å². The number of nitrogens with one attached hydrogen (secondary N) is 2. The Bertz CT molecular complexity index is 1190. The van der Waals surface area contributed by atoms with Crippen molar-refractivity contribution >= 4 is 27.5 Å². The molecule has 0 fully saturated rings. The van der Waals surface area contributed by atoms with E-state index in [0.29, 0.717) is 17.4 Å². The van der Waals surface area contributed by atoms with Crippen LogP contribution in [0.4, 0.5) is 5.69 Å².